The van der Waals surface area contributed by atoms with Crippen LogP contribution in [0.4, 0.5) is 13.2 Å². The van der Waals surface area contributed by atoms with Crippen LogP contribution in [0.1, 0.15) is 40.7 Å². The van der Waals surface area contributed by atoms with Gasteiger partial charge in [0.1, 0.15) is 11.8 Å². The number of halogens is 3. The Kier molecular flexibility index (Phi) is 4.87. The number of carbonyl (C=O) groups is 1. The maximum absolute atomic E-state index is 13.6. The number of pyridine rings is 1. The first-order chi connectivity index (χ1) is 15.3. The van der Waals surface area contributed by atoms with Gasteiger partial charge in [-0.05, 0) is 37.5 Å². The van der Waals surface area contributed by atoms with E-state index in [2.05, 4.69) is 15.2 Å². The van der Waals surface area contributed by atoms with E-state index in [-0.39, 0.29) is 30.0 Å². The molecular weight excluding hydrogens is 423 g/mol. The highest BCUT2D eigenvalue weighted by Crippen LogP contribution is 2.41. The molecule has 2 aliphatic heterocycles. The van der Waals surface area contributed by atoms with Gasteiger partial charge in [0.25, 0.3) is 5.91 Å². The maximum atomic E-state index is 13.6. The fourth-order valence-electron chi connectivity index (χ4n) is 4.72. The van der Waals surface area contributed by atoms with Gasteiger partial charge in [-0.1, -0.05) is 12.1 Å². The lowest BCUT2D eigenvalue weighted by atomic mass is 9.98. The van der Waals surface area contributed by atoms with Crippen LogP contribution in [0.25, 0.3) is 5.69 Å². The number of para-hydroxylation sites is 1. The summed E-state index contributed by atoms with van der Waals surface area (Å²) in [5.74, 6) is -0.0000804. The average molecular weight is 443 g/mol. The molecule has 166 valence electrons. The molecule has 0 aliphatic carbocycles. The fourth-order valence-corrected chi connectivity index (χ4v) is 4.72. The number of alkyl halides is 3. The predicted octanol–water partition coefficient (Wildman–Crippen LogP) is 3.81. The van der Waals surface area contributed by atoms with Crippen LogP contribution in [0.5, 0.6) is 5.88 Å². The zero-order valence-electron chi connectivity index (χ0n) is 17.2. The summed E-state index contributed by atoms with van der Waals surface area (Å²) in [5, 5.41) is 8.38. The molecule has 5 rings (SSSR count). The number of rotatable bonds is 4. The molecule has 0 radical (unpaired) electrons. The Labute approximate surface area is 181 Å². The lowest BCUT2D eigenvalue weighted by molar-refractivity contribution is -0.137. The maximum Gasteiger partial charge on any atom is 0.417 e. The Morgan fingerprint density at radius 3 is 2.59 bits per heavy atom. The molecule has 3 aromatic rings. The molecule has 0 saturated carbocycles. The van der Waals surface area contributed by atoms with E-state index in [4.69, 9.17) is 4.74 Å². The summed E-state index contributed by atoms with van der Waals surface area (Å²) < 4.78 is 44.2. The highest BCUT2D eigenvalue weighted by Gasteiger charge is 2.50. The van der Waals surface area contributed by atoms with Crippen LogP contribution in [0.15, 0.2) is 48.9 Å². The first kappa shape index (κ1) is 20.5. The normalized spacial score (nSPS) is 22.4. The first-order valence-corrected chi connectivity index (χ1v) is 10.3. The Balaban J connectivity index is 1.38. The number of aryl methyl sites for hydroxylation is 1. The molecule has 2 saturated heterocycles. The highest BCUT2D eigenvalue weighted by molar-refractivity contribution is 5.99. The van der Waals surface area contributed by atoms with E-state index < -0.39 is 11.7 Å². The molecule has 3 atom stereocenters. The van der Waals surface area contributed by atoms with E-state index in [1.165, 1.54) is 10.9 Å². The topological polar surface area (TPSA) is 73.1 Å². The molecule has 2 aromatic heterocycles. The Morgan fingerprint density at radius 2 is 1.91 bits per heavy atom. The molecule has 4 heterocycles. The van der Waals surface area contributed by atoms with Gasteiger partial charge in [0.05, 0.1) is 29.6 Å². The van der Waals surface area contributed by atoms with Crippen LogP contribution < -0.4 is 4.74 Å². The Morgan fingerprint density at radius 1 is 1.12 bits per heavy atom. The van der Waals surface area contributed by atoms with E-state index in [0.717, 1.165) is 30.7 Å². The second-order valence-corrected chi connectivity index (χ2v) is 8.08. The van der Waals surface area contributed by atoms with E-state index in [9.17, 15) is 18.0 Å². The number of hydrogen-bond donors (Lipinski definition) is 0. The molecule has 2 bridgehead atoms. The number of aromatic nitrogens is 4. The van der Waals surface area contributed by atoms with Gasteiger partial charge < -0.3 is 9.64 Å². The molecule has 32 heavy (non-hydrogen) atoms. The van der Waals surface area contributed by atoms with Gasteiger partial charge in [0.15, 0.2) is 0 Å². The quantitative estimate of drug-likeness (QED) is 0.613. The second-order valence-electron chi connectivity index (χ2n) is 8.08. The molecule has 2 aliphatic rings. The lowest BCUT2D eigenvalue weighted by Crippen LogP contribution is -2.39. The third-order valence-electron chi connectivity index (χ3n) is 6.14. The minimum absolute atomic E-state index is 0.00545. The summed E-state index contributed by atoms with van der Waals surface area (Å²) in [7, 11) is 0. The van der Waals surface area contributed by atoms with Crippen molar-refractivity contribution < 1.29 is 22.7 Å². The third-order valence-corrected chi connectivity index (χ3v) is 6.14. The zero-order valence-corrected chi connectivity index (χ0v) is 17.2. The fraction of sp³-hybridized carbons (Fsp3) is 0.364. The van der Waals surface area contributed by atoms with Gasteiger partial charge in [0, 0.05) is 24.7 Å². The molecule has 1 aromatic carbocycles. The number of fused-ring (bicyclic) bond motifs is 2. The third kappa shape index (κ3) is 3.49. The minimum atomic E-state index is -4.45. The van der Waals surface area contributed by atoms with Crippen molar-refractivity contribution >= 4 is 5.91 Å². The summed E-state index contributed by atoms with van der Waals surface area (Å²) in [4.78, 5) is 20.7. The van der Waals surface area contributed by atoms with E-state index in [1.807, 2.05) is 24.0 Å². The summed E-state index contributed by atoms with van der Waals surface area (Å²) in [6.45, 7) is 1.90. The van der Waals surface area contributed by atoms with Crippen molar-refractivity contribution in [2.75, 3.05) is 0 Å². The van der Waals surface area contributed by atoms with Crippen molar-refractivity contribution in [3.8, 4) is 11.6 Å². The Bertz CT molecular complexity index is 1130. The molecule has 0 spiro atoms. The zero-order chi connectivity index (χ0) is 22.5. The van der Waals surface area contributed by atoms with E-state index in [1.54, 1.807) is 18.5 Å². The van der Waals surface area contributed by atoms with E-state index in [0.29, 0.717) is 17.7 Å². The monoisotopic (exact) mass is 443 g/mol. The van der Waals surface area contributed by atoms with E-state index >= 15 is 0 Å². The molecule has 7 nitrogen and oxygen atoms in total. The van der Waals surface area contributed by atoms with Crippen LogP contribution in [-0.4, -0.2) is 49.0 Å². The largest absolute Gasteiger partial charge is 0.472 e. The highest BCUT2D eigenvalue weighted by atomic mass is 19.4. The van der Waals surface area contributed by atoms with Crippen LogP contribution in [-0.2, 0) is 6.18 Å². The van der Waals surface area contributed by atoms with Gasteiger partial charge in [0.2, 0.25) is 5.88 Å². The summed E-state index contributed by atoms with van der Waals surface area (Å²) in [6, 6.07) is 7.50. The minimum Gasteiger partial charge on any atom is -0.472 e. The summed E-state index contributed by atoms with van der Waals surface area (Å²) >= 11 is 0. The van der Waals surface area contributed by atoms with Crippen molar-refractivity contribution in [3.05, 3.63) is 65.6 Å². The van der Waals surface area contributed by atoms with Crippen LogP contribution in [0, 0.1) is 6.92 Å². The van der Waals surface area contributed by atoms with Crippen molar-refractivity contribution in [3.63, 3.8) is 0 Å². The number of carbonyl (C=O) groups excluding carboxylic acids is 1. The first-order valence-electron chi connectivity index (χ1n) is 10.3. The number of benzene rings is 1. The van der Waals surface area contributed by atoms with Crippen molar-refractivity contribution in [2.24, 2.45) is 0 Å². The average Bonchev–Trinajstić information content (AvgIpc) is 3.49. The van der Waals surface area contributed by atoms with Crippen LogP contribution in [0.2, 0.25) is 0 Å². The van der Waals surface area contributed by atoms with Crippen LogP contribution in [0.3, 0.4) is 0 Å². The molecule has 0 unspecified atom stereocenters. The summed E-state index contributed by atoms with van der Waals surface area (Å²) in [5.41, 5.74) is 1.19. The number of amides is 1. The Hall–Kier alpha value is -3.43. The lowest BCUT2D eigenvalue weighted by Gasteiger charge is -2.25. The SMILES string of the molecule is Cc1cccc(C(=O)N2[C@@H]3CC[C@H]2[C@H](Oc2ccc(C(F)(F)F)cn2)C3)c1-n1nccn1. The standard InChI is InChI=1S/C22H20F3N5O2/c1-13-3-2-4-16(20(13)30-27-9-10-28-30)21(31)29-15-6-7-17(29)18(11-15)32-19-8-5-14(12-26-19)22(23,24)25/h2-5,8-10,12,15,17-18H,6-7,11H2,1H3/t15-,17+,18-/m1/s1. The van der Waals surface area contributed by atoms with Gasteiger partial charge >= 0.3 is 6.18 Å². The van der Waals surface area contributed by atoms with Crippen molar-refractivity contribution in [2.45, 2.75) is 50.6 Å². The van der Waals surface area contributed by atoms with Gasteiger partial charge in [-0.15, -0.1) is 0 Å². The molecule has 0 N–H and O–H groups in total. The summed E-state index contributed by atoms with van der Waals surface area (Å²) in [6.07, 6.45) is 1.35. The molecule has 2 fully saturated rings. The van der Waals surface area contributed by atoms with Gasteiger partial charge in [-0.2, -0.15) is 28.2 Å². The van der Waals surface area contributed by atoms with Gasteiger partial charge in [-0.3, -0.25) is 4.79 Å². The molecule has 10 heteroatoms. The van der Waals surface area contributed by atoms with Crippen LogP contribution >= 0.6 is 0 Å². The molecular formula is C22H20F3N5O2. The van der Waals surface area contributed by atoms with Gasteiger partial charge in [-0.25, -0.2) is 4.98 Å². The number of nitrogens with zero attached hydrogens (tertiary/aromatic N) is 5. The predicted molar refractivity (Wildman–Crippen MR) is 107 cm³/mol. The second kappa shape index (κ2) is 7.61. The van der Waals surface area contributed by atoms with Crippen molar-refractivity contribution in [1.82, 2.24) is 24.9 Å². The number of ether oxygens (including phenoxy) is 1. The number of hydrogen-bond acceptors (Lipinski definition) is 5. The smallest absolute Gasteiger partial charge is 0.417 e. The molecule has 1 amide bonds. The van der Waals surface area contributed by atoms with Crippen molar-refractivity contribution in [1.29, 1.82) is 0 Å².